The molecule has 0 aromatic heterocycles. The zero-order chi connectivity index (χ0) is 7.72. The summed E-state index contributed by atoms with van der Waals surface area (Å²) in [5.41, 5.74) is 0. The molecule has 0 amide bonds. The summed E-state index contributed by atoms with van der Waals surface area (Å²) < 4.78 is 0. The minimum atomic E-state index is -0.944. The van der Waals surface area contributed by atoms with Gasteiger partial charge in [-0.1, -0.05) is 0 Å². The Balaban J connectivity index is 2.58. The summed E-state index contributed by atoms with van der Waals surface area (Å²) in [6.07, 6.45) is -1.31. The second kappa shape index (κ2) is 2.65. The highest BCUT2D eigenvalue weighted by Gasteiger charge is 2.32. The van der Waals surface area contributed by atoms with E-state index in [2.05, 4.69) is 4.99 Å². The summed E-state index contributed by atoms with van der Waals surface area (Å²) >= 11 is 0. The van der Waals surface area contributed by atoms with Crippen LogP contribution in [0.2, 0.25) is 0 Å². The molecule has 1 rings (SSSR count). The van der Waals surface area contributed by atoms with Crippen molar-refractivity contribution in [1.29, 1.82) is 0 Å². The topological polar surface area (TPSA) is 73.1 Å². The molecule has 3 N–H and O–H groups in total. The van der Waals surface area contributed by atoms with Gasteiger partial charge in [-0.15, -0.1) is 0 Å². The number of aliphatic imine (C=N–C) groups is 1. The molecular formula is C6H11NO3. The van der Waals surface area contributed by atoms with E-state index in [0.29, 0.717) is 0 Å². The monoisotopic (exact) mass is 145 g/mol. The molecule has 0 aromatic carbocycles. The van der Waals surface area contributed by atoms with Crippen molar-refractivity contribution in [3.05, 3.63) is 0 Å². The van der Waals surface area contributed by atoms with Crippen LogP contribution >= 0.6 is 0 Å². The van der Waals surface area contributed by atoms with Crippen LogP contribution in [-0.4, -0.2) is 45.9 Å². The zero-order valence-corrected chi connectivity index (χ0v) is 5.68. The number of hydrogen-bond donors (Lipinski definition) is 3. The lowest BCUT2D eigenvalue weighted by molar-refractivity contribution is 0.0198. The van der Waals surface area contributed by atoms with E-state index in [9.17, 15) is 0 Å². The van der Waals surface area contributed by atoms with Crippen molar-refractivity contribution >= 4 is 6.21 Å². The van der Waals surface area contributed by atoms with Gasteiger partial charge in [0.15, 0.2) is 0 Å². The second-order valence-electron chi connectivity index (χ2n) is 2.51. The summed E-state index contributed by atoms with van der Waals surface area (Å²) in [6, 6.07) is -0.560. The molecule has 10 heavy (non-hydrogen) atoms. The highest BCUT2D eigenvalue weighted by Crippen LogP contribution is 2.13. The first kappa shape index (κ1) is 7.65. The Morgan fingerprint density at radius 1 is 1.50 bits per heavy atom. The van der Waals surface area contributed by atoms with Crippen LogP contribution in [-0.2, 0) is 0 Å². The maximum Gasteiger partial charge on any atom is 0.117 e. The fraction of sp³-hybridized carbons (Fsp3) is 0.833. The van der Waals surface area contributed by atoms with E-state index < -0.39 is 24.4 Å². The van der Waals surface area contributed by atoms with Crippen molar-refractivity contribution in [1.82, 2.24) is 0 Å². The molecule has 0 radical (unpaired) electrons. The summed E-state index contributed by atoms with van der Waals surface area (Å²) in [5, 5.41) is 27.0. The predicted octanol–water partition coefficient (Wildman–Crippen LogP) is -1.46. The average Bonchev–Trinajstić information content (AvgIpc) is 2.14. The number of nitrogens with zero attached hydrogens (tertiary/aromatic N) is 1. The normalized spacial score (nSPS) is 42.2. The largest absolute Gasteiger partial charge is 0.391 e. The minimum Gasteiger partial charge on any atom is -0.391 e. The van der Waals surface area contributed by atoms with Gasteiger partial charge < -0.3 is 15.3 Å². The SMILES string of the molecule is C[C@@H](O)[C@H]1N=C[C@H](O)[C@H]1O. The third-order valence-electron chi connectivity index (χ3n) is 1.61. The summed E-state index contributed by atoms with van der Waals surface area (Å²) in [4.78, 5) is 3.72. The maximum absolute atomic E-state index is 9.09. The van der Waals surface area contributed by atoms with Crippen molar-refractivity contribution in [3.63, 3.8) is 0 Å². The van der Waals surface area contributed by atoms with Crippen molar-refractivity contribution in [2.45, 2.75) is 31.3 Å². The lowest BCUT2D eigenvalue weighted by Gasteiger charge is -2.16. The van der Waals surface area contributed by atoms with Gasteiger partial charge in [0.25, 0.3) is 0 Å². The summed E-state index contributed by atoms with van der Waals surface area (Å²) in [7, 11) is 0. The summed E-state index contributed by atoms with van der Waals surface area (Å²) in [5.74, 6) is 0. The van der Waals surface area contributed by atoms with Gasteiger partial charge in [0, 0.05) is 6.21 Å². The van der Waals surface area contributed by atoms with E-state index in [1.165, 1.54) is 13.1 Å². The Kier molecular flexibility index (Phi) is 2.03. The van der Waals surface area contributed by atoms with Gasteiger partial charge in [-0.2, -0.15) is 0 Å². The maximum atomic E-state index is 9.09. The van der Waals surface area contributed by atoms with E-state index in [1.807, 2.05) is 0 Å². The number of aliphatic hydroxyl groups is 3. The molecule has 1 heterocycles. The molecule has 4 atom stereocenters. The van der Waals surface area contributed by atoms with Crippen molar-refractivity contribution in [2.24, 2.45) is 4.99 Å². The average molecular weight is 145 g/mol. The molecule has 0 spiro atoms. The lowest BCUT2D eigenvalue weighted by Crippen LogP contribution is -2.37. The first-order valence-electron chi connectivity index (χ1n) is 3.20. The van der Waals surface area contributed by atoms with Gasteiger partial charge in [-0.25, -0.2) is 0 Å². The smallest absolute Gasteiger partial charge is 0.117 e. The molecule has 58 valence electrons. The molecule has 4 nitrogen and oxygen atoms in total. The molecular weight excluding hydrogens is 134 g/mol. The molecule has 0 bridgehead atoms. The van der Waals surface area contributed by atoms with Crippen LogP contribution in [0.25, 0.3) is 0 Å². The standard InChI is InChI=1S/C6H11NO3/c1-3(8)5-6(10)4(9)2-7-5/h2-6,8-10H,1H3/t3-,4+,5-,6-/m1/s1. The molecule has 4 heteroatoms. The Morgan fingerprint density at radius 3 is 2.30 bits per heavy atom. The van der Waals surface area contributed by atoms with Crippen LogP contribution in [0.5, 0.6) is 0 Å². The fourth-order valence-corrected chi connectivity index (χ4v) is 0.976. The van der Waals surface area contributed by atoms with Crippen molar-refractivity contribution < 1.29 is 15.3 Å². The highest BCUT2D eigenvalue weighted by atomic mass is 16.3. The molecule has 0 unspecified atom stereocenters. The Labute approximate surface area is 58.8 Å². The Bertz CT molecular complexity index is 146. The van der Waals surface area contributed by atoms with Gasteiger partial charge in [-0.05, 0) is 6.92 Å². The Morgan fingerprint density at radius 2 is 2.10 bits per heavy atom. The van der Waals surface area contributed by atoms with Crippen LogP contribution in [0.4, 0.5) is 0 Å². The van der Waals surface area contributed by atoms with E-state index in [0.717, 1.165) is 0 Å². The molecule has 0 saturated heterocycles. The van der Waals surface area contributed by atoms with Gasteiger partial charge in [-0.3, -0.25) is 4.99 Å². The molecule has 0 aromatic rings. The number of rotatable bonds is 1. The second-order valence-corrected chi connectivity index (χ2v) is 2.51. The third kappa shape index (κ3) is 1.18. The van der Waals surface area contributed by atoms with E-state index in [-0.39, 0.29) is 0 Å². The quantitative estimate of drug-likeness (QED) is 0.422. The van der Waals surface area contributed by atoms with Crippen molar-refractivity contribution in [3.8, 4) is 0 Å². The number of aliphatic hydroxyl groups excluding tert-OH is 3. The van der Waals surface area contributed by atoms with Crippen LogP contribution in [0.15, 0.2) is 4.99 Å². The molecule has 1 aliphatic rings. The first-order valence-corrected chi connectivity index (χ1v) is 3.20. The van der Waals surface area contributed by atoms with E-state index >= 15 is 0 Å². The Hall–Kier alpha value is -0.450. The van der Waals surface area contributed by atoms with E-state index in [4.69, 9.17) is 15.3 Å². The summed E-state index contributed by atoms with van der Waals surface area (Å²) in [6.45, 7) is 1.53. The van der Waals surface area contributed by atoms with Gasteiger partial charge in [0.1, 0.15) is 18.2 Å². The highest BCUT2D eigenvalue weighted by molar-refractivity contribution is 5.67. The molecule has 0 saturated carbocycles. The zero-order valence-electron chi connectivity index (χ0n) is 5.68. The molecule has 0 aliphatic carbocycles. The van der Waals surface area contributed by atoms with Crippen LogP contribution in [0.3, 0.4) is 0 Å². The van der Waals surface area contributed by atoms with Crippen LogP contribution in [0, 0.1) is 0 Å². The fourth-order valence-electron chi connectivity index (χ4n) is 0.976. The first-order chi connectivity index (χ1) is 4.63. The van der Waals surface area contributed by atoms with Gasteiger partial charge in [0.05, 0.1) is 6.10 Å². The van der Waals surface area contributed by atoms with Crippen LogP contribution < -0.4 is 0 Å². The van der Waals surface area contributed by atoms with Gasteiger partial charge in [0.2, 0.25) is 0 Å². The minimum absolute atomic E-state index is 0.560. The third-order valence-corrected chi connectivity index (χ3v) is 1.61. The molecule has 0 fully saturated rings. The van der Waals surface area contributed by atoms with Gasteiger partial charge >= 0.3 is 0 Å². The lowest BCUT2D eigenvalue weighted by atomic mass is 10.1. The van der Waals surface area contributed by atoms with Crippen LogP contribution in [0.1, 0.15) is 6.92 Å². The predicted molar refractivity (Wildman–Crippen MR) is 36.0 cm³/mol. The molecule has 1 aliphatic heterocycles. The van der Waals surface area contributed by atoms with E-state index in [1.54, 1.807) is 0 Å². The van der Waals surface area contributed by atoms with Crippen molar-refractivity contribution in [2.75, 3.05) is 0 Å². The number of hydrogen-bond acceptors (Lipinski definition) is 4.